The van der Waals surface area contributed by atoms with Gasteiger partial charge in [0.15, 0.2) is 0 Å². The van der Waals surface area contributed by atoms with Crippen LogP contribution in [0.25, 0.3) is 0 Å². The van der Waals surface area contributed by atoms with Crippen LogP contribution < -0.4 is 5.32 Å². The maximum absolute atomic E-state index is 12.0. The van der Waals surface area contributed by atoms with E-state index in [4.69, 9.17) is 4.74 Å². The first-order valence-corrected chi connectivity index (χ1v) is 8.31. The molecule has 2 saturated carbocycles. The molecule has 3 unspecified atom stereocenters. The van der Waals surface area contributed by atoms with Gasteiger partial charge in [0.05, 0.1) is 6.10 Å². The molecule has 1 heterocycles. The Labute approximate surface area is 127 Å². The number of nitrogens with one attached hydrogen (secondary N) is 1. The molecular formula is C16H28N2O3. The summed E-state index contributed by atoms with van der Waals surface area (Å²) in [7, 11) is 1.76. The molecule has 21 heavy (non-hydrogen) atoms. The smallest absolute Gasteiger partial charge is 0.325 e. The highest BCUT2D eigenvalue weighted by molar-refractivity contribution is 5.80. The van der Waals surface area contributed by atoms with Crippen molar-refractivity contribution in [3.63, 3.8) is 0 Å². The van der Waals surface area contributed by atoms with Crippen molar-refractivity contribution in [2.24, 2.45) is 11.8 Å². The minimum absolute atomic E-state index is 0.227. The highest BCUT2D eigenvalue weighted by Crippen LogP contribution is 2.42. The molecule has 120 valence electrons. The number of carboxylic acids is 1. The van der Waals surface area contributed by atoms with Gasteiger partial charge in [-0.1, -0.05) is 6.92 Å². The lowest BCUT2D eigenvalue weighted by Gasteiger charge is -2.41. The molecule has 3 fully saturated rings. The average molecular weight is 296 g/mol. The number of hydrogen-bond donors (Lipinski definition) is 2. The lowest BCUT2D eigenvalue weighted by molar-refractivity contribution is -0.148. The zero-order valence-corrected chi connectivity index (χ0v) is 13.2. The minimum atomic E-state index is -0.736. The van der Waals surface area contributed by atoms with Gasteiger partial charge in [-0.15, -0.1) is 0 Å². The van der Waals surface area contributed by atoms with Crippen molar-refractivity contribution in [2.75, 3.05) is 26.7 Å². The van der Waals surface area contributed by atoms with Crippen LogP contribution in [0.1, 0.15) is 39.0 Å². The van der Waals surface area contributed by atoms with Crippen molar-refractivity contribution in [1.82, 2.24) is 10.2 Å². The van der Waals surface area contributed by atoms with E-state index in [2.05, 4.69) is 17.1 Å². The minimum Gasteiger partial charge on any atom is -0.480 e. The lowest BCUT2D eigenvalue weighted by atomic mass is 9.89. The van der Waals surface area contributed by atoms with Crippen LogP contribution in [0.5, 0.6) is 0 Å². The second kappa shape index (κ2) is 5.86. The molecule has 0 aromatic carbocycles. The van der Waals surface area contributed by atoms with Crippen LogP contribution in [0.4, 0.5) is 0 Å². The Hall–Kier alpha value is -0.650. The number of rotatable bonds is 7. The van der Waals surface area contributed by atoms with Gasteiger partial charge in [-0.05, 0) is 50.5 Å². The molecule has 5 heteroatoms. The first-order valence-electron chi connectivity index (χ1n) is 8.31. The van der Waals surface area contributed by atoms with E-state index in [0.29, 0.717) is 24.4 Å². The second-order valence-electron chi connectivity index (χ2n) is 7.24. The number of nitrogens with zero attached hydrogens (tertiary/aromatic N) is 1. The molecule has 1 saturated heterocycles. The summed E-state index contributed by atoms with van der Waals surface area (Å²) in [6.45, 7) is 4.68. The molecule has 1 aliphatic heterocycles. The monoisotopic (exact) mass is 296 g/mol. The van der Waals surface area contributed by atoms with Gasteiger partial charge in [0.1, 0.15) is 5.54 Å². The Kier molecular flexibility index (Phi) is 4.26. The van der Waals surface area contributed by atoms with Crippen molar-refractivity contribution in [1.29, 1.82) is 0 Å². The maximum atomic E-state index is 12.0. The van der Waals surface area contributed by atoms with E-state index in [9.17, 15) is 9.90 Å². The van der Waals surface area contributed by atoms with E-state index in [-0.39, 0.29) is 6.10 Å². The number of hydrogen-bond acceptors (Lipinski definition) is 4. The van der Waals surface area contributed by atoms with Gasteiger partial charge in [-0.25, -0.2) is 0 Å². The fourth-order valence-corrected chi connectivity index (χ4v) is 3.67. The number of carbonyl (C=O) groups is 1. The van der Waals surface area contributed by atoms with Crippen LogP contribution in [0, 0.1) is 11.8 Å². The Morgan fingerprint density at radius 1 is 1.33 bits per heavy atom. The van der Waals surface area contributed by atoms with Crippen LogP contribution >= 0.6 is 0 Å². The molecule has 2 N–H and O–H groups in total. The number of aliphatic carboxylic acids is 1. The molecule has 0 amide bonds. The highest BCUT2D eigenvalue weighted by Gasteiger charge is 2.54. The van der Waals surface area contributed by atoms with Crippen molar-refractivity contribution < 1.29 is 14.6 Å². The quantitative estimate of drug-likeness (QED) is 0.742. The van der Waals surface area contributed by atoms with Crippen molar-refractivity contribution in [2.45, 2.75) is 56.7 Å². The molecule has 0 aromatic rings. The van der Waals surface area contributed by atoms with E-state index < -0.39 is 11.5 Å². The molecule has 0 radical (unpaired) electrons. The summed E-state index contributed by atoms with van der Waals surface area (Å²) in [5.74, 6) is 0.197. The Bertz CT molecular complexity index is 395. The van der Waals surface area contributed by atoms with Gasteiger partial charge in [-0.2, -0.15) is 0 Å². The Morgan fingerprint density at radius 3 is 2.57 bits per heavy atom. The van der Waals surface area contributed by atoms with Crippen LogP contribution in [0.15, 0.2) is 0 Å². The molecule has 0 bridgehead atoms. The third-order valence-corrected chi connectivity index (χ3v) is 5.44. The predicted octanol–water partition coefficient (Wildman–Crippen LogP) is 1.33. The van der Waals surface area contributed by atoms with E-state index in [1.54, 1.807) is 7.11 Å². The summed E-state index contributed by atoms with van der Waals surface area (Å²) in [4.78, 5) is 14.3. The molecular weight excluding hydrogens is 268 g/mol. The van der Waals surface area contributed by atoms with Gasteiger partial charge in [-0.3, -0.25) is 15.0 Å². The molecule has 3 aliphatic rings. The van der Waals surface area contributed by atoms with Crippen LogP contribution in [0.2, 0.25) is 0 Å². The normalized spacial score (nSPS) is 33.6. The number of methoxy groups -OCH3 is 1. The average Bonchev–Trinajstić information content (AvgIpc) is 3.32. The van der Waals surface area contributed by atoms with Gasteiger partial charge in [0, 0.05) is 26.2 Å². The van der Waals surface area contributed by atoms with Crippen LogP contribution in [-0.4, -0.2) is 60.4 Å². The molecule has 5 nitrogen and oxygen atoms in total. The number of piperidine rings is 1. The molecule has 3 atom stereocenters. The third-order valence-electron chi connectivity index (χ3n) is 5.44. The summed E-state index contributed by atoms with van der Waals surface area (Å²) in [5.41, 5.74) is -0.736. The largest absolute Gasteiger partial charge is 0.480 e. The maximum Gasteiger partial charge on any atom is 0.325 e. The predicted molar refractivity (Wildman–Crippen MR) is 80.3 cm³/mol. The van der Waals surface area contributed by atoms with Crippen LogP contribution in [-0.2, 0) is 9.53 Å². The molecule has 2 aliphatic carbocycles. The van der Waals surface area contributed by atoms with Gasteiger partial charge in [0.2, 0.25) is 0 Å². The fraction of sp³-hybridized carbons (Fsp3) is 0.938. The summed E-state index contributed by atoms with van der Waals surface area (Å²) < 4.78 is 5.57. The molecule has 0 spiro atoms. The number of ether oxygens (including phenoxy) is 1. The SMILES string of the molecule is COC1CN(CC(NC2CC2)(C(=O)O)C2CC2)CCC1C. The number of carboxylic acid groups (broad SMARTS) is 1. The van der Waals surface area contributed by atoms with E-state index >= 15 is 0 Å². The van der Waals surface area contributed by atoms with Crippen molar-refractivity contribution >= 4 is 5.97 Å². The van der Waals surface area contributed by atoms with Gasteiger partial charge >= 0.3 is 5.97 Å². The van der Waals surface area contributed by atoms with E-state index in [0.717, 1.165) is 45.2 Å². The summed E-state index contributed by atoms with van der Waals surface area (Å²) in [5, 5.41) is 13.4. The zero-order chi connectivity index (χ0) is 15.0. The first kappa shape index (κ1) is 15.3. The van der Waals surface area contributed by atoms with E-state index in [1.807, 2.05) is 0 Å². The summed E-state index contributed by atoms with van der Waals surface area (Å²) in [6, 6.07) is 0.420. The topological polar surface area (TPSA) is 61.8 Å². The first-order chi connectivity index (χ1) is 10.0. The second-order valence-corrected chi connectivity index (χ2v) is 7.24. The van der Waals surface area contributed by atoms with E-state index in [1.165, 1.54) is 0 Å². The third kappa shape index (κ3) is 3.25. The Balaban J connectivity index is 1.70. The van der Waals surface area contributed by atoms with Crippen molar-refractivity contribution in [3.8, 4) is 0 Å². The standard InChI is InChI=1S/C16H28N2O3/c1-11-7-8-18(9-14(11)21-2)10-16(15(19)20,12-3-4-12)17-13-5-6-13/h11-14,17H,3-10H2,1-2H3,(H,19,20). The van der Waals surface area contributed by atoms with Gasteiger partial charge in [0.25, 0.3) is 0 Å². The molecule has 0 aromatic heterocycles. The molecule has 3 rings (SSSR count). The van der Waals surface area contributed by atoms with Crippen molar-refractivity contribution in [3.05, 3.63) is 0 Å². The lowest BCUT2D eigenvalue weighted by Crippen LogP contribution is -2.63. The number of likely N-dealkylation sites (tertiary alicyclic amines) is 1. The highest BCUT2D eigenvalue weighted by atomic mass is 16.5. The summed E-state index contributed by atoms with van der Waals surface area (Å²) in [6.07, 6.45) is 5.65. The fourth-order valence-electron chi connectivity index (χ4n) is 3.67. The zero-order valence-electron chi connectivity index (χ0n) is 13.2. The summed E-state index contributed by atoms with van der Waals surface area (Å²) >= 11 is 0. The Morgan fingerprint density at radius 2 is 2.05 bits per heavy atom. The van der Waals surface area contributed by atoms with Gasteiger partial charge < -0.3 is 9.84 Å². The van der Waals surface area contributed by atoms with Crippen LogP contribution in [0.3, 0.4) is 0 Å².